The van der Waals surface area contributed by atoms with Crippen LogP contribution in [0.5, 0.6) is 0 Å². The van der Waals surface area contributed by atoms with Gasteiger partial charge in [0.2, 0.25) is 0 Å². The van der Waals surface area contributed by atoms with Crippen molar-refractivity contribution in [3.05, 3.63) is 0 Å². The first kappa shape index (κ1) is 16.4. The fourth-order valence-electron chi connectivity index (χ4n) is 2.46. The molecule has 0 bridgehead atoms. The summed E-state index contributed by atoms with van der Waals surface area (Å²) < 4.78 is 5.74. The standard InChI is InChI=1S/C14H28N2O3/c1-4-12-11-16(8-6-10-19-12)9-7-14(3,13(17)18)15-5-2/h12,15H,4-11H2,1-3H3,(H,17,18). The molecule has 0 spiro atoms. The van der Waals surface area contributed by atoms with Gasteiger partial charge >= 0.3 is 5.97 Å². The lowest BCUT2D eigenvalue weighted by Crippen LogP contribution is -2.51. The first-order valence-electron chi connectivity index (χ1n) is 7.34. The van der Waals surface area contributed by atoms with E-state index >= 15 is 0 Å². The number of ether oxygens (including phenoxy) is 1. The molecule has 1 saturated heterocycles. The van der Waals surface area contributed by atoms with Crippen LogP contribution in [-0.2, 0) is 9.53 Å². The topological polar surface area (TPSA) is 61.8 Å². The average molecular weight is 272 g/mol. The number of likely N-dealkylation sites (N-methyl/N-ethyl adjacent to an activating group) is 1. The normalized spacial score (nSPS) is 24.7. The fraction of sp³-hybridized carbons (Fsp3) is 0.929. The number of rotatable bonds is 7. The monoisotopic (exact) mass is 272 g/mol. The van der Waals surface area contributed by atoms with Crippen molar-refractivity contribution in [1.82, 2.24) is 10.2 Å². The zero-order chi connectivity index (χ0) is 14.3. The van der Waals surface area contributed by atoms with Gasteiger partial charge in [-0.15, -0.1) is 0 Å². The second-order valence-electron chi connectivity index (χ2n) is 5.47. The Morgan fingerprint density at radius 1 is 1.53 bits per heavy atom. The van der Waals surface area contributed by atoms with E-state index in [4.69, 9.17) is 4.74 Å². The lowest BCUT2D eigenvalue weighted by molar-refractivity contribution is -0.144. The highest BCUT2D eigenvalue weighted by Gasteiger charge is 2.32. The van der Waals surface area contributed by atoms with Crippen molar-refractivity contribution >= 4 is 5.97 Å². The predicted molar refractivity (Wildman–Crippen MR) is 75.4 cm³/mol. The first-order valence-corrected chi connectivity index (χ1v) is 7.34. The van der Waals surface area contributed by atoms with Crippen LogP contribution in [0.2, 0.25) is 0 Å². The van der Waals surface area contributed by atoms with Crippen molar-refractivity contribution in [3.63, 3.8) is 0 Å². The molecule has 0 radical (unpaired) electrons. The van der Waals surface area contributed by atoms with E-state index in [0.717, 1.165) is 39.1 Å². The van der Waals surface area contributed by atoms with Crippen molar-refractivity contribution in [2.45, 2.75) is 51.7 Å². The van der Waals surface area contributed by atoms with Crippen molar-refractivity contribution in [2.24, 2.45) is 0 Å². The Morgan fingerprint density at radius 2 is 2.26 bits per heavy atom. The molecule has 0 aliphatic carbocycles. The fourth-order valence-corrected chi connectivity index (χ4v) is 2.46. The highest BCUT2D eigenvalue weighted by molar-refractivity contribution is 5.78. The van der Waals surface area contributed by atoms with Crippen LogP contribution in [0.1, 0.15) is 40.0 Å². The van der Waals surface area contributed by atoms with Gasteiger partial charge in [-0.3, -0.25) is 4.79 Å². The third-order valence-electron chi connectivity index (χ3n) is 3.86. The third kappa shape index (κ3) is 5.09. The number of aliphatic carboxylic acids is 1. The van der Waals surface area contributed by atoms with E-state index in [2.05, 4.69) is 17.1 Å². The van der Waals surface area contributed by atoms with Gasteiger partial charge in [0.1, 0.15) is 5.54 Å². The van der Waals surface area contributed by atoms with Gasteiger partial charge in [-0.05, 0) is 32.7 Å². The van der Waals surface area contributed by atoms with Gasteiger partial charge < -0.3 is 20.1 Å². The Labute approximate surface area is 116 Å². The second-order valence-corrected chi connectivity index (χ2v) is 5.47. The molecular formula is C14H28N2O3. The molecule has 0 aromatic carbocycles. The lowest BCUT2D eigenvalue weighted by Gasteiger charge is -2.30. The van der Waals surface area contributed by atoms with Crippen LogP contribution in [0, 0.1) is 0 Å². The van der Waals surface area contributed by atoms with Gasteiger partial charge in [0.25, 0.3) is 0 Å². The summed E-state index contributed by atoms with van der Waals surface area (Å²) in [5.41, 5.74) is -0.830. The zero-order valence-electron chi connectivity index (χ0n) is 12.4. The van der Waals surface area contributed by atoms with Crippen molar-refractivity contribution < 1.29 is 14.6 Å². The molecule has 1 fully saturated rings. The third-order valence-corrected chi connectivity index (χ3v) is 3.86. The molecule has 2 unspecified atom stereocenters. The van der Waals surface area contributed by atoms with E-state index in [9.17, 15) is 9.90 Å². The predicted octanol–water partition coefficient (Wildman–Crippen LogP) is 1.33. The molecule has 0 amide bonds. The molecule has 1 aliphatic rings. The maximum Gasteiger partial charge on any atom is 0.323 e. The summed E-state index contributed by atoms with van der Waals surface area (Å²) >= 11 is 0. The molecule has 1 heterocycles. The highest BCUT2D eigenvalue weighted by Crippen LogP contribution is 2.14. The number of hydrogen-bond donors (Lipinski definition) is 2. The number of nitrogens with one attached hydrogen (secondary N) is 1. The summed E-state index contributed by atoms with van der Waals surface area (Å²) in [5, 5.41) is 12.4. The number of hydrogen-bond acceptors (Lipinski definition) is 4. The van der Waals surface area contributed by atoms with Gasteiger partial charge in [0, 0.05) is 26.2 Å². The largest absolute Gasteiger partial charge is 0.480 e. The molecule has 0 aromatic rings. The molecule has 5 heteroatoms. The van der Waals surface area contributed by atoms with Crippen LogP contribution in [0.4, 0.5) is 0 Å². The van der Waals surface area contributed by atoms with Crippen molar-refractivity contribution in [1.29, 1.82) is 0 Å². The number of carboxylic acid groups (broad SMARTS) is 1. The summed E-state index contributed by atoms with van der Waals surface area (Å²) in [6, 6.07) is 0. The smallest absolute Gasteiger partial charge is 0.323 e. The van der Waals surface area contributed by atoms with Crippen LogP contribution in [0.15, 0.2) is 0 Å². The molecule has 2 atom stereocenters. The molecule has 112 valence electrons. The molecule has 0 aromatic heterocycles. The highest BCUT2D eigenvalue weighted by atomic mass is 16.5. The van der Waals surface area contributed by atoms with Gasteiger partial charge in [-0.2, -0.15) is 0 Å². The molecule has 19 heavy (non-hydrogen) atoms. The number of carbonyl (C=O) groups is 1. The molecule has 5 nitrogen and oxygen atoms in total. The van der Waals surface area contributed by atoms with Gasteiger partial charge in [-0.25, -0.2) is 0 Å². The Bertz CT molecular complexity index is 286. The SMILES string of the molecule is CCNC(C)(CCN1CCCOC(CC)C1)C(=O)O. The van der Waals surface area contributed by atoms with E-state index in [-0.39, 0.29) is 6.10 Å². The van der Waals surface area contributed by atoms with E-state index in [1.807, 2.05) is 6.92 Å². The quantitative estimate of drug-likeness (QED) is 0.732. The molecule has 1 aliphatic heterocycles. The molecular weight excluding hydrogens is 244 g/mol. The Hall–Kier alpha value is -0.650. The summed E-state index contributed by atoms with van der Waals surface area (Å²) in [6.07, 6.45) is 2.95. The summed E-state index contributed by atoms with van der Waals surface area (Å²) in [4.78, 5) is 13.7. The molecule has 0 saturated carbocycles. The summed E-state index contributed by atoms with van der Waals surface area (Å²) in [5.74, 6) is -0.771. The minimum Gasteiger partial charge on any atom is -0.480 e. The minimum absolute atomic E-state index is 0.290. The van der Waals surface area contributed by atoms with Crippen LogP contribution in [0.25, 0.3) is 0 Å². The van der Waals surface area contributed by atoms with Gasteiger partial charge in [-0.1, -0.05) is 13.8 Å². The van der Waals surface area contributed by atoms with E-state index in [0.29, 0.717) is 13.0 Å². The van der Waals surface area contributed by atoms with E-state index in [1.54, 1.807) is 6.92 Å². The second kappa shape index (κ2) is 7.82. The minimum atomic E-state index is -0.830. The van der Waals surface area contributed by atoms with Crippen LogP contribution in [0.3, 0.4) is 0 Å². The van der Waals surface area contributed by atoms with Crippen molar-refractivity contribution in [3.8, 4) is 0 Å². The summed E-state index contributed by atoms with van der Waals surface area (Å²) in [6.45, 7) is 10.0. The number of carboxylic acids is 1. The molecule has 1 rings (SSSR count). The first-order chi connectivity index (χ1) is 9.01. The maximum absolute atomic E-state index is 11.4. The zero-order valence-corrected chi connectivity index (χ0v) is 12.4. The van der Waals surface area contributed by atoms with Gasteiger partial charge in [0.05, 0.1) is 6.10 Å². The van der Waals surface area contributed by atoms with Crippen LogP contribution in [-0.4, -0.2) is 60.4 Å². The van der Waals surface area contributed by atoms with Crippen LogP contribution >= 0.6 is 0 Å². The average Bonchev–Trinajstić information content (AvgIpc) is 2.61. The number of nitrogens with zero attached hydrogens (tertiary/aromatic N) is 1. The maximum atomic E-state index is 11.4. The summed E-state index contributed by atoms with van der Waals surface area (Å²) in [7, 11) is 0. The Morgan fingerprint density at radius 3 is 2.84 bits per heavy atom. The Balaban J connectivity index is 2.50. The lowest BCUT2D eigenvalue weighted by atomic mass is 9.97. The molecule has 2 N–H and O–H groups in total. The van der Waals surface area contributed by atoms with E-state index in [1.165, 1.54) is 0 Å². The van der Waals surface area contributed by atoms with Crippen molar-refractivity contribution in [2.75, 3.05) is 32.8 Å². The Kier molecular flexibility index (Phi) is 6.75. The van der Waals surface area contributed by atoms with Gasteiger partial charge in [0.15, 0.2) is 0 Å². The van der Waals surface area contributed by atoms with Crippen LogP contribution < -0.4 is 5.32 Å². The van der Waals surface area contributed by atoms with E-state index < -0.39 is 11.5 Å².